The quantitative estimate of drug-likeness (QED) is 0.171. The van der Waals surface area contributed by atoms with E-state index in [-0.39, 0.29) is 0 Å². The number of para-hydroxylation sites is 2. The molecule has 0 spiro atoms. The fourth-order valence-corrected chi connectivity index (χ4v) is 6.01. The minimum atomic E-state index is 0.498. The summed E-state index contributed by atoms with van der Waals surface area (Å²) in [5, 5.41) is 15.0. The van der Waals surface area contributed by atoms with Crippen LogP contribution in [0, 0.1) is 6.92 Å². The van der Waals surface area contributed by atoms with Gasteiger partial charge in [0, 0.05) is 40.1 Å². The number of hydrogen-bond acceptors (Lipinski definition) is 8. The highest BCUT2D eigenvalue weighted by atomic mass is 32.2. The number of ether oxygens (including phenoxy) is 3. The zero-order valence-electron chi connectivity index (χ0n) is 25.6. The van der Waals surface area contributed by atoms with Crippen molar-refractivity contribution in [3.63, 3.8) is 0 Å². The van der Waals surface area contributed by atoms with Crippen molar-refractivity contribution < 1.29 is 14.2 Å². The minimum absolute atomic E-state index is 0.498. The van der Waals surface area contributed by atoms with Gasteiger partial charge >= 0.3 is 0 Å². The van der Waals surface area contributed by atoms with E-state index in [2.05, 4.69) is 58.4 Å². The molecule has 0 unspecified atom stereocenters. The summed E-state index contributed by atoms with van der Waals surface area (Å²) in [4.78, 5) is 2.10. The molecule has 0 N–H and O–H groups in total. The Morgan fingerprint density at radius 1 is 0.773 bits per heavy atom. The molecule has 1 aromatic heterocycles. The van der Waals surface area contributed by atoms with Gasteiger partial charge in [-0.3, -0.25) is 0 Å². The second-order valence-corrected chi connectivity index (χ2v) is 11.7. The van der Waals surface area contributed by atoms with E-state index in [1.807, 2.05) is 67.3 Å². The van der Waals surface area contributed by atoms with Gasteiger partial charge in [-0.1, -0.05) is 78.0 Å². The molecule has 44 heavy (non-hydrogen) atoms. The summed E-state index contributed by atoms with van der Waals surface area (Å²) in [6.45, 7) is 3.34. The van der Waals surface area contributed by atoms with Gasteiger partial charge in [-0.15, -0.1) is 10.2 Å². The van der Waals surface area contributed by atoms with Crippen molar-refractivity contribution in [2.75, 3.05) is 47.2 Å². The van der Waals surface area contributed by atoms with E-state index in [9.17, 15) is 0 Å². The summed E-state index contributed by atoms with van der Waals surface area (Å²) in [5.41, 5.74) is 7.69. The Kier molecular flexibility index (Phi) is 8.67. The molecule has 0 saturated carbocycles. The van der Waals surface area contributed by atoms with Crippen molar-refractivity contribution >= 4 is 17.5 Å². The highest BCUT2D eigenvalue weighted by molar-refractivity contribution is 7.99. The van der Waals surface area contributed by atoms with Crippen LogP contribution in [0.5, 0.6) is 17.2 Å². The smallest absolute Gasteiger partial charge is 0.212 e. The van der Waals surface area contributed by atoms with Gasteiger partial charge in [0.2, 0.25) is 5.16 Å². The van der Waals surface area contributed by atoms with Crippen LogP contribution in [0.2, 0.25) is 0 Å². The first kappa shape index (κ1) is 29.5. The summed E-state index contributed by atoms with van der Waals surface area (Å²) in [5.74, 6) is 3.59. The summed E-state index contributed by atoms with van der Waals surface area (Å²) in [7, 11) is 7.44. The molecule has 4 aromatic carbocycles. The molecule has 224 valence electrons. The van der Waals surface area contributed by atoms with E-state index in [4.69, 9.17) is 19.3 Å². The molecule has 2 heterocycles. The minimum Gasteiger partial charge on any atom is -0.496 e. The van der Waals surface area contributed by atoms with Gasteiger partial charge in [-0.25, -0.2) is 0 Å². The Balaban J connectivity index is 1.59. The van der Waals surface area contributed by atoms with Crippen LogP contribution in [0.25, 0.3) is 33.6 Å². The van der Waals surface area contributed by atoms with E-state index < -0.39 is 0 Å². The van der Waals surface area contributed by atoms with Gasteiger partial charge in [0.05, 0.1) is 19.9 Å². The largest absolute Gasteiger partial charge is 0.496 e. The number of benzene rings is 4. The summed E-state index contributed by atoms with van der Waals surface area (Å²) < 4.78 is 20.1. The molecule has 0 atom stereocenters. The van der Waals surface area contributed by atoms with Crippen molar-refractivity contribution in [2.45, 2.75) is 12.1 Å². The number of likely N-dealkylation sites (N-methyl/N-ethyl adjacent to an activating group) is 1. The van der Waals surface area contributed by atoms with Crippen LogP contribution in [0.4, 0.5) is 0 Å². The number of nitrogens with zero attached hydrogens (tertiary/aromatic N) is 5. The summed E-state index contributed by atoms with van der Waals surface area (Å²) >= 11 is 1.63. The number of fused-ring (bicyclic) bond motifs is 1. The summed E-state index contributed by atoms with van der Waals surface area (Å²) in [6.07, 6.45) is 0. The van der Waals surface area contributed by atoms with Crippen LogP contribution in [-0.2, 0) is 0 Å². The van der Waals surface area contributed by atoms with Gasteiger partial charge in [0.15, 0.2) is 5.82 Å². The van der Waals surface area contributed by atoms with Gasteiger partial charge < -0.3 is 19.1 Å². The lowest BCUT2D eigenvalue weighted by atomic mass is 9.93. The zero-order chi connectivity index (χ0) is 30.6. The van der Waals surface area contributed by atoms with Crippen LogP contribution < -0.4 is 14.2 Å². The second kappa shape index (κ2) is 13.0. The fourth-order valence-electron chi connectivity index (χ4n) is 5.17. The normalized spacial score (nSPS) is 12.5. The van der Waals surface area contributed by atoms with Crippen LogP contribution in [0.15, 0.2) is 95.2 Å². The van der Waals surface area contributed by atoms with E-state index in [0.29, 0.717) is 12.4 Å². The molecular formula is C35H35N5O3S. The molecule has 1 aliphatic rings. The molecule has 1 aliphatic heterocycles. The summed E-state index contributed by atoms with van der Waals surface area (Å²) in [6, 6.07) is 28.6. The van der Waals surface area contributed by atoms with Crippen molar-refractivity contribution in [1.29, 1.82) is 0 Å². The Morgan fingerprint density at radius 3 is 1.98 bits per heavy atom. The highest BCUT2D eigenvalue weighted by Crippen LogP contribution is 2.47. The Hall–Kier alpha value is -4.60. The lowest BCUT2D eigenvalue weighted by molar-refractivity contribution is 0.263. The SMILES string of the molecule is COc1ccccc1-c1cc(-c2nnc3n2N=C(c2ccc(C)cc2)CS3)cc(-c2ccccc2OC)c1OCCN(C)C. The maximum Gasteiger partial charge on any atom is 0.212 e. The maximum atomic E-state index is 6.63. The Morgan fingerprint density at radius 2 is 1.39 bits per heavy atom. The predicted molar refractivity (Wildman–Crippen MR) is 177 cm³/mol. The molecule has 0 radical (unpaired) electrons. The first-order valence-electron chi connectivity index (χ1n) is 14.4. The van der Waals surface area contributed by atoms with Gasteiger partial charge in [-0.05, 0) is 50.8 Å². The third-order valence-corrected chi connectivity index (χ3v) is 8.41. The Labute approximate surface area is 262 Å². The van der Waals surface area contributed by atoms with E-state index in [1.54, 1.807) is 26.0 Å². The first-order valence-corrected chi connectivity index (χ1v) is 15.4. The molecule has 0 fully saturated rings. The van der Waals surface area contributed by atoms with E-state index >= 15 is 0 Å². The molecule has 5 aromatic rings. The van der Waals surface area contributed by atoms with Gasteiger partial charge in [0.25, 0.3) is 0 Å². The highest BCUT2D eigenvalue weighted by Gasteiger charge is 2.25. The lowest BCUT2D eigenvalue weighted by Gasteiger charge is -2.22. The standard InChI is InChI=1S/C35H35N5O3S/c1-23-14-16-24(17-15-23)30-22-44-35-37-36-34(40(35)38-30)25-20-28(26-10-6-8-12-31(26)41-4)33(43-19-18-39(2)3)29(21-25)27-11-7-9-13-32(27)42-5/h6-17,20-21H,18-19,22H2,1-5H3. The van der Waals surface area contributed by atoms with E-state index in [1.165, 1.54) is 5.56 Å². The number of aromatic nitrogens is 3. The molecule has 8 nitrogen and oxygen atoms in total. The predicted octanol–water partition coefficient (Wildman–Crippen LogP) is 6.90. The molecule has 0 amide bonds. The van der Waals surface area contributed by atoms with Crippen molar-refractivity contribution in [1.82, 2.24) is 19.8 Å². The number of aryl methyl sites for hydroxylation is 1. The lowest BCUT2D eigenvalue weighted by Crippen LogP contribution is -2.20. The monoisotopic (exact) mass is 605 g/mol. The van der Waals surface area contributed by atoms with Crippen molar-refractivity contribution in [2.24, 2.45) is 5.10 Å². The number of hydrogen-bond donors (Lipinski definition) is 0. The topological polar surface area (TPSA) is 74.0 Å². The molecular weight excluding hydrogens is 570 g/mol. The third-order valence-electron chi connectivity index (χ3n) is 7.48. The van der Waals surface area contributed by atoms with Crippen molar-refractivity contribution in [3.05, 3.63) is 96.1 Å². The molecule has 0 bridgehead atoms. The van der Waals surface area contributed by atoms with Crippen LogP contribution in [0.3, 0.4) is 0 Å². The Bertz CT molecular complexity index is 1750. The average molecular weight is 606 g/mol. The van der Waals surface area contributed by atoms with Crippen molar-refractivity contribution in [3.8, 4) is 50.9 Å². The molecule has 6 rings (SSSR count). The average Bonchev–Trinajstić information content (AvgIpc) is 3.48. The number of methoxy groups -OCH3 is 2. The molecule has 0 aliphatic carbocycles. The van der Waals surface area contributed by atoms with Gasteiger partial charge in [0.1, 0.15) is 23.9 Å². The van der Waals surface area contributed by atoms with Gasteiger partial charge in [-0.2, -0.15) is 9.78 Å². The second-order valence-electron chi connectivity index (χ2n) is 10.8. The first-order chi connectivity index (χ1) is 21.5. The van der Waals surface area contributed by atoms with Crippen LogP contribution in [0.1, 0.15) is 11.1 Å². The molecule has 9 heteroatoms. The zero-order valence-corrected chi connectivity index (χ0v) is 26.4. The third kappa shape index (κ3) is 5.93. The number of rotatable bonds is 10. The molecule has 0 saturated heterocycles. The maximum absolute atomic E-state index is 6.63. The number of thioether (sulfide) groups is 1. The van der Waals surface area contributed by atoms with Crippen LogP contribution in [-0.4, -0.2) is 72.7 Å². The van der Waals surface area contributed by atoms with E-state index in [0.717, 1.165) is 73.8 Å². The van der Waals surface area contributed by atoms with Crippen LogP contribution >= 0.6 is 11.8 Å². The fraction of sp³-hybridized carbons (Fsp3) is 0.229.